The average Bonchev–Trinajstić information content (AvgIpc) is 2.96. The third-order valence-corrected chi connectivity index (χ3v) is 6.08. The zero-order chi connectivity index (χ0) is 17.3. The molecule has 0 spiro atoms. The van der Waals surface area contributed by atoms with Crippen LogP contribution in [0.25, 0.3) is 0 Å². The lowest BCUT2D eigenvalue weighted by atomic mass is 10.1. The number of aromatic nitrogens is 2. The van der Waals surface area contributed by atoms with Gasteiger partial charge in [-0.2, -0.15) is 10.4 Å². The molecule has 24 heavy (non-hydrogen) atoms. The first-order valence-corrected chi connectivity index (χ1v) is 9.69. The van der Waals surface area contributed by atoms with Gasteiger partial charge in [0.05, 0.1) is 35.4 Å². The van der Waals surface area contributed by atoms with Crippen LogP contribution >= 0.6 is 11.6 Å². The van der Waals surface area contributed by atoms with Crippen LogP contribution in [0.4, 0.5) is 0 Å². The molecule has 1 aromatic carbocycles. The fourth-order valence-electron chi connectivity index (χ4n) is 2.96. The second kappa shape index (κ2) is 6.55. The van der Waals surface area contributed by atoms with Crippen molar-refractivity contribution < 1.29 is 8.42 Å². The maximum atomic E-state index is 12.1. The van der Waals surface area contributed by atoms with E-state index in [4.69, 9.17) is 11.6 Å². The molecule has 1 aliphatic rings. The summed E-state index contributed by atoms with van der Waals surface area (Å²) in [6.07, 6.45) is 3.54. The summed E-state index contributed by atoms with van der Waals surface area (Å²) in [6.45, 7) is 0.921. The minimum Gasteiger partial charge on any atom is -0.290 e. The topological polar surface area (TPSA) is 79.0 Å². The number of aryl methyl sites for hydroxylation is 1. The number of benzene rings is 1. The highest BCUT2D eigenvalue weighted by Crippen LogP contribution is 2.29. The van der Waals surface area contributed by atoms with Crippen molar-refractivity contribution in [3.8, 4) is 6.07 Å². The summed E-state index contributed by atoms with van der Waals surface area (Å²) in [5.74, 6) is 0.188. The monoisotopic (exact) mass is 364 g/mol. The SMILES string of the molecule is Cn1cc(C2CS(=O)(=O)CCN2Cc2ccc(Cl)cc2C#N)cn1. The first-order chi connectivity index (χ1) is 11.4. The van der Waals surface area contributed by atoms with Gasteiger partial charge >= 0.3 is 0 Å². The molecule has 8 heteroatoms. The highest BCUT2D eigenvalue weighted by Gasteiger charge is 2.33. The molecule has 2 aromatic rings. The van der Waals surface area contributed by atoms with Crippen LogP contribution in [0.3, 0.4) is 0 Å². The van der Waals surface area contributed by atoms with E-state index in [1.807, 2.05) is 12.3 Å². The summed E-state index contributed by atoms with van der Waals surface area (Å²) in [6, 6.07) is 7.10. The molecular weight excluding hydrogens is 348 g/mol. The minimum absolute atomic E-state index is 0.0637. The molecule has 126 valence electrons. The van der Waals surface area contributed by atoms with Gasteiger partial charge in [-0.25, -0.2) is 8.42 Å². The summed E-state index contributed by atoms with van der Waals surface area (Å²) in [5.41, 5.74) is 2.23. The molecular formula is C16H17ClN4O2S. The Bertz CT molecular complexity index is 901. The molecule has 1 aliphatic heterocycles. The molecule has 1 fully saturated rings. The van der Waals surface area contributed by atoms with Crippen molar-refractivity contribution in [3.63, 3.8) is 0 Å². The molecule has 0 amide bonds. The normalized spacial score (nSPS) is 20.6. The highest BCUT2D eigenvalue weighted by molar-refractivity contribution is 7.91. The van der Waals surface area contributed by atoms with Crippen molar-refractivity contribution in [1.29, 1.82) is 5.26 Å². The van der Waals surface area contributed by atoms with Crippen LogP contribution in [0.1, 0.15) is 22.7 Å². The van der Waals surface area contributed by atoms with Gasteiger partial charge in [0.1, 0.15) is 0 Å². The van der Waals surface area contributed by atoms with Gasteiger partial charge in [-0.15, -0.1) is 0 Å². The number of hydrogen-bond donors (Lipinski definition) is 0. The number of sulfone groups is 1. The Morgan fingerprint density at radius 3 is 2.92 bits per heavy atom. The van der Waals surface area contributed by atoms with Crippen LogP contribution in [-0.4, -0.2) is 41.1 Å². The van der Waals surface area contributed by atoms with E-state index in [2.05, 4.69) is 16.1 Å². The van der Waals surface area contributed by atoms with E-state index in [0.29, 0.717) is 23.7 Å². The van der Waals surface area contributed by atoms with Crippen molar-refractivity contribution in [1.82, 2.24) is 14.7 Å². The number of rotatable bonds is 3. The fourth-order valence-corrected chi connectivity index (χ4v) is 4.70. The van der Waals surface area contributed by atoms with Crippen molar-refractivity contribution in [2.45, 2.75) is 12.6 Å². The van der Waals surface area contributed by atoms with Crippen LogP contribution in [0, 0.1) is 11.3 Å². The first-order valence-electron chi connectivity index (χ1n) is 7.49. The zero-order valence-electron chi connectivity index (χ0n) is 13.2. The molecule has 0 radical (unpaired) electrons. The molecule has 0 aliphatic carbocycles. The van der Waals surface area contributed by atoms with E-state index in [9.17, 15) is 13.7 Å². The second-order valence-corrected chi connectivity index (χ2v) is 8.63. The number of nitriles is 1. The van der Waals surface area contributed by atoms with Crippen LogP contribution in [0.5, 0.6) is 0 Å². The van der Waals surface area contributed by atoms with Crippen molar-refractivity contribution in [2.75, 3.05) is 18.1 Å². The Morgan fingerprint density at radius 1 is 1.46 bits per heavy atom. The second-order valence-electron chi connectivity index (χ2n) is 5.96. The summed E-state index contributed by atoms with van der Waals surface area (Å²) in [5, 5.41) is 14.0. The van der Waals surface area contributed by atoms with Crippen molar-refractivity contribution >= 4 is 21.4 Å². The van der Waals surface area contributed by atoms with Crippen LogP contribution in [0.15, 0.2) is 30.6 Å². The van der Waals surface area contributed by atoms with E-state index in [1.54, 1.807) is 30.1 Å². The molecule has 0 bridgehead atoms. The van der Waals surface area contributed by atoms with Gasteiger partial charge in [0, 0.05) is 36.9 Å². The van der Waals surface area contributed by atoms with Gasteiger partial charge in [-0.3, -0.25) is 9.58 Å². The van der Waals surface area contributed by atoms with Gasteiger partial charge in [0.25, 0.3) is 0 Å². The predicted molar refractivity (Wildman–Crippen MR) is 91.2 cm³/mol. The van der Waals surface area contributed by atoms with Gasteiger partial charge < -0.3 is 0 Å². The molecule has 6 nitrogen and oxygen atoms in total. The number of halogens is 1. The lowest BCUT2D eigenvalue weighted by molar-refractivity contribution is 0.206. The average molecular weight is 365 g/mol. The zero-order valence-corrected chi connectivity index (χ0v) is 14.8. The smallest absolute Gasteiger partial charge is 0.153 e. The molecule has 2 heterocycles. The Labute approximate surface area is 146 Å². The van der Waals surface area contributed by atoms with Gasteiger partial charge in [0.2, 0.25) is 0 Å². The van der Waals surface area contributed by atoms with E-state index in [-0.39, 0.29) is 17.5 Å². The van der Waals surface area contributed by atoms with Crippen molar-refractivity contribution in [3.05, 3.63) is 52.3 Å². The molecule has 1 unspecified atom stereocenters. The lowest BCUT2D eigenvalue weighted by Gasteiger charge is -2.35. The van der Waals surface area contributed by atoms with Gasteiger partial charge in [0.15, 0.2) is 9.84 Å². The van der Waals surface area contributed by atoms with Gasteiger partial charge in [-0.05, 0) is 17.7 Å². The first kappa shape index (κ1) is 17.0. The maximum Gasteiger partial charge on any atom is 0.153 e. The van der Waals surface area contributed by atoms with E-state index in [0.717, 1.165) is 11.1 Å². The molecule has 3 rings (SSSR count). The molecule has 1 saturated heterocycles. The minimum atomic E-state index is -3.08. The van der Waals surface area contributed by atoms with Crippen LogP contribution in [-0.2, 0) is 23.4 Å². The summed E-state index contributed by atoms with van der Waals surface area (Å²) in [7, 11) is -1.28. The summed E-state index contributed by atoms with van der Waals surface area (Å²) >= 11 is 5.95. The predicted octanol–water partition coefficient (Wildman–Crippen LogP) is 1.92. The van der Waals surface area contributed by atoms with Crippen LogP contribution < -0.4 is 0 Å². The molecule has 1 atom stereocenters. The highest BCUT2D eigenvalue weighted by atomic mass is 35.5. The molecule has 0 N–H and O–H groups in total. The number of hydrogen-bond acceptors (Lipinski definition) is 5. The van der Waals surface area contributed by atoms with Crippen molar-refractivity contribution in [2.24, 2.45) is 7.05 Å². The van der Waals surface area contributed by atoms with E-state index >= 15 is 0 Å². The third-order valence-electron chi connectivity index (χ3n) is 4.22. The van der Waals surface area contributed by atoms with E-state index in [1.165, 1.54) is 0 Å². The summed E-state index contributed by atoms with van der Waals surface area (Å²) < 4.78 is 25.8. The van der Waals surface area contributed by atoms with E-state index < -0.39 is 9.84 Å². The standard InChI is InChI=1S/C16H17ClN4O2S/c1-20-9-14(8-19-20)16-11-24(22,23)5-4-21(16)10-12-2-3-15(17)6-13(12)7-18/h2-3,6,8-9,16H,4-5,10-11H2,1H3. The molecule has 0 saturated carbocycles. The fraction of sp³-hybridized carbons (Fsp3) is 0.375. The lowest BCUT2D eigenvalue weighted by Crippen LogP contribution is -2.42. The number of nitrogens with zero attached hydrogens (tertiary/aromatic N) is 4. The van der Waals surface area contributed by atoms with Crippen LogP contribution in [0.2, 0.25) is 5.02 Å². The largest absolute Gasteiger partial charge is 0.290 e. The third kappa shape index (κ3) is 3.61. The maximum absolute atomic E-state index is 12.1. The quantitative estimate of drug-likeness (QED) is 0.831. The Hall–Kier alpha value is -1.88. The van der Waals surface area contributed by atoms with Gasteiger partial charge in [-0.1, -0.05) is 17.7 Å². The Morgan fingerprint density at radius 2 is 2.25 bits per heavy atom. The molecule has 1 aromatic heterocycles. The Kier molecular flexibility index (Phi) is 4.63. The Balaban J connectivity index is 1.92. The summed E-state index contributed by atoms with van der Waals surface area (Å²) in [4.78, 5) is 2.09.